The zero-order valence-corrected chi connectivity index (χ0v) is 17.1. The van der Waals surface area contributed by atoms with Crippen LogP contribution in [0.4, 0.5) is 0 Å². The molecule has 0 fully saturated rings. The molecule has 9 heteroatoms. The molecule has 2 aromatic rings. The van der Waals surface area contributed by atoms with Crippen LogP contribution in [0.3, 0.4) is 0 Å². The van der Waals surface area contributed by atoms with Gasteiger partial charge in [0.2, 0.25) is 5.75 Å². The first-order chi connectivity index (χ1) is 14.4. The van der Waals surface area contributed by atoms with Crippen LogP contribution < -0.4 is 19.5 Å². The minimum Gasteiger partial charge on any atom is -0.493 e. The lowest BCUT2D eigenvalue weighted by Gasteiger charge is -2.14. The first-order valence-electron chi connectivity index (χ1n) is 8.84. The number of rotatable bonds is 9. The Morgan fingerprint density at radius 3 is 1.93 bits per heavy atom. The van der Waals surface area contributed by atoms with Gasteiger partial charge in [-0.2, -0.15) is 0 Å². The average Bonchev–Trinajstić information content (AvgIpc) is 2.79. The maximum atomic E-state index is 12.4. The molecule has 9 nitrogen and oxygen atoms in total. The predicted octanol–water partition coefficient (Wildman–Crippen LogP) is 1.97. The number of carbonyl (C=O) groups excluding carboxylic acids is 3. The number of hydrogen-bond donors (Lipinski definition) is 1. The second kappa shape index (κ2) is 10.7. The Morgan fingerprint density at radius 1 is 0.833 bits per heavy atom. The molecule has 0 spiro atoms. The molecular formula is C21H23NO8. The number of carbonyl (C=O) groups is 3. The van der Waals surface area contributed by atoms with Crippen molar-refractivity contribution in [3.63, 3.8) is 0 Å². The number of esters is 2. The first-order valence-corrected chi connectivity index (χ1v) is 8.84. The smallest absolute Gasteiger partial charge is 0.337 e. The van der Waals surface area contributed by atoms with E-state index in [2.05, 4.69) is 10.1 Å². The molecule has 0 aliphatic rings. The Hall–Kier alpha value is -3.75. The highest BCUT2D eigenvalue weighted by atomic mass is 16.5. The maximum absolute atomic E-state index is 12.4. The van der Waals surface area contributed by atoms with E-state index < -0.39 is 17.8 Å². The fourth-order valence-electron chi connectivity index (χ4n) is 2.54. The van der Waals surface area contributed by atoms with Crippen molar-refractivity contribution in [1.29, 1.82) is 0 Å². The third-order valence-corrected chi connectivity index (χ3v) is 4.10. The summed E-state index contributed by atoms with van der Waals surface area (Å²) in [7, 11) is 5.63. The van der Waals surface area contributed by atoms with Crippen molar-refractivity contribution in [2.45, 2.75) is 6.61 Å². The van der Waals surface area contributed by atoms with Crippen molar-refractivity contribution in [2.24, 2.45) is 0 Å². The Kier molecular flexibility index (Phi) is 8.04. The molecule has 0 saturated heterocycles. The van der Waals surface area contributed by atoms with Crippen LogP contribution in [0.1, 0.15) is 26.3 Å². The van der Waals surface area contributed by atoms with E-state index >= 15 is 0 Å². The number of amides is 1. The van der Waals surface area contributed by atoms with E-state index in [0.29, 0.717) is 28.4 Å². The van der Waals surface area contributed by atoms with E-state index in [0.717, 1.165) is 0 Å². The summed E-state index contributed by atoms with van der Waals surface area (Å²) >= 11 is 0. The van der Waals surface area contributed by atoms with Gasteiger partial charge in [0, 0.05) is 5.56 Å². The molecule has 0 aliphatic carbocycles. The van der Waals surface area contributed by atoms with Crippen LogP contribution in [0.2, 0.25) is 0 Å². The van der Waals surface area contributed by atoms with E-state index in [4.69, 9.17) is 18.9 Å². The van der Waals surface area contributed by atoms with Crippen LogP contribution in [-0.2, 0) is 20.9 Å². The van der Waals surface area contributed by atoms with Gasteiger partial charge < -0.3 is 29.0 Å². The second-order valence-corrected chi connectivity index (χ2v) is 5.95. The summed E-state index contributed by atoms with van der Waals surface area (Å²) in [5.74, 6) is -0.580. The Bertz CT molecular complexity index is 883. The quantitative estimate of drug-likeness (QED) is 0.617. The molecule has 1 N–H and O–H groups in total. The van der Waals surface area contributed by atoms with E-state index in [1.165, 1.54) is 40.6 Å². The highest BCUT2D eigenvalue weighted by Gasteiger charge is 2.17. The topological polar surface area (TPSA) is 109 Å². The van der Waals surface area contributed by atoms with E-state index in [-0.39, 0.29) is 18.7 Å². The Morgan fingerprint density at radius 2 is 1.43 bits per heavy atom. The number of methoxy groups -OCH3 is 4. The van der Waals surface area contributed by atoms with Crippen molar-refractivity contribution in [1.82, 2.24) is 5.32 Å². The van der Waals surface area contributed by atoms with Gasteiger partial charge in [0.05, 0.1) is 34.0 Å². The largest absolute Gasteiger partial charge is 0.493 e. The van der Waals surface area contributed by atoms with Crippen molar-refractivity contribution in [3.05, 3.63) is 53.1 Å². The Balaban J connectivity index is 1.91. The van der Waals surface area contributed by atoms with Gasteiger partial charge in [-0.25, -0.2) is 4.79 Å². The highest BCUT2D eigenvalue weighted by Crippen LogP contribution is 2.38. The van der Waals surface area contributed by atoms with E-state index in [1.807, 2.05) is 0 Å². The lowest BCUT2D eigenvalue weighted by atomic mass is 10.1. The van der Waals surface area contributed by atoms with Crippen LogP contribution in [0.25, 0.3) is 0 Å². The normalized spacial score (nSPS) is 10.0. The predicted molar refractivity (Wildman–Crippen MR) is 106 cm³/mol. The average molecular weight is 417 g/mol. The molecule has 2 rings (SSSR count). The molecule has 0 saturated carbocycles. The van der Waals surface area contributed by atoms with Gasteiger partial charge in [-0.1, -0.05) is 12.1 Å². The van der Waals surface area contributed by atoms with Crippen LogP contribution in [0, 0.1) is 0 Å². The van der Waals surface area contributed by atoms with Gasteiger partial charge >= 0.3 is 11.9 Å². The lowest BCUT2D eigenvalue weighted by molar-refractivity contribution is -0.143. The van der Waals surface area contributed by atoms with E-state index in [9.17, 15) is 14.4 Å². The third-order valence-electron chi connectivity index (χ3n) is 4.10. The molecule has 2 aromatic carbocycles. The molecule has 0 atom stereocenters. The van der Waals surface area contributed by atoms with Crippen LogP contribution >= 0.6 is 0 Å². The van der Waals surface area contributed by atoms with Gasteiger partial charge in [0.1, 0.15) is 13.2 Å². The highest BCUT2D eigenvalue weighted by molar-refractivity contribution is 5.97. The molecule has 0 radical (unpaired) electrons. The minimum atomic E-state index is -0.618. The number of nitrogens with one attached hydrogen (secondary N) is 1. The molecule has 0 heterocycles. The van der Waals surface area contributed by atoms with Crippen molar-refractivity contribution in [3.8, 4) is 17.2 Å². The summed E-state index contributed by atoms with van der Waals surface area (Å²) in [4.78, 5) is 35.7. The van der Waals surface area contributed by atoms with Gasteiger partial charge in [0.25, 0.3) is 5.91 Å². The van der Waals surface area contributed by atoms with Gasteiger partial charge in [-0.3, -0.25) is 9.59 Å². The molecular weight excluding hydrogens is 394 g/mol. The zero-order valence-electron chi connectivity index (χ0n) is 17.1. The molecule has 30 heavy (non-hydrogen) atoms. The fourth-order valence-corrected chi connectivity index (χ4v) is 2.54. The molecule has 0 aromatic heterocycles. The lowest BCUT2D eigenvalue weighted by Crippen LogP contribution is -2.30. The van der Waals surface area contributed by atoms with Crippen LogP contribution in [-0.4, -0.2) is 52.8 Å². The van der Waals surface area contributed by atoms with E-state index in [1.54, 1.807) is 24.3 Å². The van der Waals surface area contributed by atoms with Crippen molar-refractivity contribution < 1.29 is 38.1 Å². The summed E-state index contributed by atoms with van der Waals surface area (Å²) in [6.07, 6.45) is 0. The maximum Gasteiger partial charge on any atom is 0.337 e. The summed E-state index contributed by atoms with van der Waals surface area (Å²) < 4.78 is 25.4. The van der Waals surface area contributed by atoms with Crippen LogP contribution in [0.5, 0.6) is 17.2 Å². The zero-order chi connectivity index (χ0) is 22.1. The van der Waals surface area contributed by atoms with Crippen molar-refractivity contribution in [2.75, 3.05) is 35.0 Å². The summed E-state index contributed by atoms with van der Waals surface area (Å²) in [5, 5.41) is 2.48. The van der Waals surface area contributed by atoms with Crippen molar-refractivity contribution >= 4 is 17.8 Å². The second-order valence-electron chi connectivity index (χ2n) is 5.95. The molecule has 0 unspecified atom stereocenters. The fraction of sp³-hybridized carbons (Fsp3) is 0.286. The molecule has 0 bridgehead atoms. The van der Waals surface area contributed by atoms with Crippen LogP contribution in [0.15, 0.2) is 36.4 Å². The SMILES string of the molecule is COC(=O)c1ccc(COC(=O)CNC(=O)c2cc(OC)c(OC)c(OC)c2)cc1. The molecule has 0 aliphatic heterocycles. The first kappa shape index (κ1) is 22.5. The summed E-state index contributed by atoms with van der Waals surface area (Å²) in [5.41, 5.74) is 1.31. The van der Waals surface area contributed by atoms with Gasteiger partial charge in [-0.15, -0.1) is 0 Å². The van der Waals surface area contributed by atoms with Gasteiger partial charge in [-0.05, 0) is 29.8 Å². The summed E-state index contributed by atoms with van der Waals surface area (Å²) in [6, 6.07) is 9.39. The van der Waals surface area contributed by atoms with Gasteiger partial charge in [0.15, 0.2) is 11.5 Å². The molecule has 160 valence electrons. The summed E-state index contributed by atoms with van der Waals surface area (Å²) in [6.45, 7) is -0.323. The Labute approximate surface area is 173 Å². The number of hydrogen-bond acceptors (Lipinski definition) is 8. The third kappa shape index (κ3) is 5.63. The molecule has 1 amide bonds. The monoisotopic (exact) mass is 417 g/mol. The minimum absolute atomic E-state index is 0.000335. The number of benzene rings is 2. The standard InChI is InChI=1S/C21H23NO8/c1-26-16-9-15(10-17(27-2)19(16)28-3)20(24)22-11-18(23)30-12-13-5-7-14(8-6-13)21(25)29-4/h5-10H,11-12H2,1-4H3,(H,22,24). The number of ether oxygens (including phenoxy) is 5.